The number of hydrogen-bond acceptors (Lipinski definition) is 2. The molecule has 0 radical (unpaired) electrons. The highest BCUT2D eigenvalue weighted by Gasteiger charge is 2.41. The maximum absolute atomic E-state index is 13.5. The fourth-order valence-corrected chi connectivity index (χ4v) is 2.85. The topological polar surface area (TPSA) is 66.4 Å². The van der Waals surface area contributed by atoms with Gasteiger partial charge in [0.1, 0.15) is 11.6 Å². The molecule has 2 rings (SSSR count). The van der Waals surface area contributed by atoms with E-state index in [1.165, 1.54) is 0 Å². The minimum absolute atomic E-state index is 0.0428. The molecule has 0 bridgehead atoms. The van der Waals surface area contributed by atoms with Gasteiger partial charge >= 0.3 is 5.97 Å². The van der Waals surface area contributed by atoms with E-state index in [-0.39, 0.29) is 18.0 Å². The number of aliphatic carboxylic acids is 1. The molecule has 2 N–H and O–H groups in total. The van der Waals surface area contributed by atoms with Crippen LogP contribution in [0.25, 0.3) is 0 Å². The van der Waals surface area contributed by atoms with E-state index in [0.29, 0.717) is 12.8 Å². The van der Waals surface area contributed by atoms with Crippen molar-refractivity contribution in [3.05, 3.63) is 35.4 Å². The number of amides is 1. The van der Waals surface area contributed by atoms with Gasteiger partial charge < -0.3 is 10.4 Å². The van der Waals surface area contributed by atoms with E-state index >= 15 is 0 Å². The monoisotopic (exact) mass is 297 g/mol. The summed E-state index contributed by atoms with van der Waals surface area (Å²) in [6.07, 6.45) is 0.955. The van der Waals surface area contributed by atoms with Gasteiger partial charge in [-0.1, -0.05) is 6.92 Å². The molecular formula is C15H17F2NO3. The summed E-state index contributed by atoms with van der Waals surface area (Å²) in [4.78, 5) is 23.2. The Morgan fingerprint density at radius 3 is 2.62 bits per heavy atom. The summed E-state index contributed by atoms with van der Waals surface area (Å²) in [5, 5.41) is 11.6. The number of hydrogen-bond donors (Lipinski definition) is 2. The standard InChI is InChI=1S/C15H17F2NO3/c1-8-4-11(12(5-8)15(20)21)14(19)18-7-9-6-10(16)2-3-13(9)17/h2-3,6,8,11-12H,4-5,7H2,1H3,(H,18,19)(H,20,21)/t8?,11-,12+/m0/s1. The Hall–Kier alpha value is -1.98. The van der Waals surface area contributed by atoms with Gasteiger partial charge in [-0.3, -0.25) is 9.59 Å². The van der Waals surface area contributed by atoms with Crippen molar-refractivity contribution in [2.75, 3.05) is 0 Å². The van der Waals surface area contributed by atoms with Crippen LogP contribution in [0.5, 0.6) is 0 Å². The van der Waals surface area contributed by atoms with Crippen molar-refractivity contribution in [1.82, 2.24) is 5.32 Å². The molecule has 1 unspecified atom stereocenters. The molecule has 21 heavy (non-hydrogen) atoms. The summed E-state index contributed by atoms with van der Waals surface area (Å²) in [5.74, 6) is -3.77. The van der Waals surface area contributed by atoms with Gasteiger partial charge in [0.25, 0.3) is 0 Å². The van der Waals surface area contributed by atoms with Gasteiger partial charge in [-0.25, -0.2) is 8.78 Å². The molecule has 114 valence electrons. The zero-order valence-electron chi connectivity index (χ0n) is 11.6. The van der Waals surface area contributed by atoms with Crippen LogP contribution in [0.4, 0.5) is 8.78 Å². The normalized spacial score (nSPS) is 24.8. The summed E-state index contributed by atoms with van der Waals surface area (Å²) in [6, 6.07) is 3.01. The maximum Gasteiger partial charge on any atom is 0.307 e. The molecule has 1 aromatic rings. The van der Waals surface area contributed by atoms with Crippen molar-refractivity contribution in [1.29, 1.82) is 0 Å². The number of rotatable bonds is 4. The second kappa shape index (κ2) is 6.20. The zero-order chi connectivity index (χ0) is 15.6. The summed E-state index contributed by atoms with van der Waals surface area (Å²) >= 11 is 0. The first-order valence-corrected chi connectivity index (χ1v) is 6.83. The molecule has 1 aliphatic carbocycles. The highest BCUT2D eigenvalue weighted by atomic mass is 19.1. The lowest BCUT2D eigenvalue weighted by Crippen LogP contribution is -2.35. The lowest BCUT2D eigenvalue weighted by atomic mass is 9.95. The van der Waals surface area contributed by atoms with E-state index in [1.54, 1.807) is 0 Å². The van der Waals surface area contributed by atoms with E-state index < -0.39 is 35.3 Å². The van der Waals surface area contributed by atoms with Crippen LogP contribution in [0.1, 0.15) is 25.3 Å². The number of benzene rings is 1. The number of carbonyl (C=O) groups is 2. The van der Waals surface area contributed by atoms with Crippen LogP contribution in [0, 0.1) is 29.4 Å². The molecule has 1 fully saturated rings. The third kappa shape index (κ3) is 3.56. The molecular weight excluding hydrogens is 280 g/mol. The van der Waals surface area contributed by atoms with E-state index in [2.05, 4.69) is 5.32 Å². The van der Waals surface area contributed by atoms with Crippen LogP contribution in [-0.4, -0.2) is 17.0 Å². The van der Waals surface area contributed by atoms with Crippen molar-refractivity contribution in [3.63, 3.8) is 0 Å². The summed E-state index contributed by atoms with van der Waals surface area (Å²) in [7, 11) is 0. The number of carboxylic acids is 1. The van der Waals surface area contributed by atoms with Gasteiger partial charge in [0.2, 0.25) is 5.91 Å². The third-order valence-electron chi connectivity index (χ3n) is 3.91. The van der Waals surface area contributed by atoms with Crippen molar-refractivity contribution >= 4 is 11.9 Å². The minimum atomic E-state index is -0.989. The fraction of sp³-hybridized carbons (Fsp3) is 0.467. The third-order valence-corrected chi connectivity index (χ3v) is 3.91. The lowest BCUT2D eigenvalue weighted by Gasteiger charge is -2.15. The van der Waals surface area contributed by atoms with E-state index in [1.807, 2.05) is 6.92 Å². The second-order valence-corrected chi connectivity index (χ2v) is 5.58. The Morgan fingerprint density at radius 2 is 1.95 bits per heavy atom. The Labute approximate surface area is 121 Å². The van der Waals surface area contributed by atoms with Gasteiger partial charge in [-0.05, 0) is 37.0 Å². The van der Waals surface area contributed by atoms with Crippen LogP contribution in [0.3, 0.4) is 0 Å². The summed E-state index contributed by atoms with van der Waals surface area (Å²) in [6.45, 7) is 1.75. The molecule has 0 spiro atoms. The number of carbonyl (C=O) groups excluding carboxylic acids is 1. The Morgan fingerprint density at radius 1 is 1.29 bits per heavy atom. The van der Waals surface area contributed by atoms with E-state index in [0.717, 1.165) is 18.2 Å². The molecule has 4 nitrogen and oxygen atoms in total. The Kier molecular flexibility index (Phi) is 4.55. The van der Waals surface area contributed by atoms with Gasteiger partial charge in [0.15, 0.2) is 0 Å². The molecule has 0 heterocycles. The molecule has 0 aliphatic heterocycles. The van der Waals surface area contributed by atoms with Crippen molar-refractivity contribution in [2.24, 2.45) is 17.8 Å². The van der Waals surface area contributed by atoms with Gasteiger partial charge in [0.05, 0.1) is 11.8 Å². The average Bonchev–Trinajstić information content (AvgIpc) is 2.82. The number of nitrogens with one attached hydrogen (secondary N) is 1. The molecule has 1 aromatic carbocycles. The number of carboxylic acid groups (broad SMARTS) is 1. The molecule has 6 heteroatoms. The highest BCUT2D eigenvalue weighted by molar-refractivity contribution is 5.85. The van der Waals surface area contributed by atoms with Gasteiger partial charge in [-0.2, -0.15) is 0 Å². The predicted molar refractivity (Wildman–Crippen MR) is 71.2 cm³/mol. The minimum Gasteiger partial charge on any atom is -0.481 e. The smallest absolute Gasteiger partial charge is 0.307 e. The van der Waals surface area contributed by atoms with Gasteiger partial charge in [-0.15, -0.1) is 0 Å². The Balaban J connectivity index is 2.01. The van der Waals surface area contributed by atoms with E-state index in [4.69, 9.17) is 5.11 Å². The first-order chi connectivity index (χ1) is 9.88. The van der Waals surface area contributed by atoms with Crippen molar-refractivity contribution in [3.8, 4) is 0 Å². The first kappa shape index (κ1) is 15.4. The van der Waals surface area contributed by atoms with Crippen LogP contribution in [0.15, 0.2) is 18.2 Å². The number of halogens is 2. The predicted octanol–water partition coefficient (Wildman–Crippen LogP) is 2.33. The maximum atomic E-state index is 13.5. The first-order valence-electron chi connectivity index (χ1n) is 6.83. The van der Waals surface area contributed by atoms with Crippen LogP contribution < -0.4 is 5.32 Å². The highest BCUT2D eigenvalue weighted by Crippen LogP contribution is 2.36. The SMILES string of the molecule is CC1C[C@H](C(=O)NCc2cc(F)ccc2F)[C@H](C(=O)O)C1. The van der Waals surface area contributed by atoms with Crippen LogP contribution >= 0.6 is 0 Å². The second-order valence-electron chi connectivity index (χ2n) is 5.58. The van der Waals surface area contributed by atoms with Crippen LogP contribution in [-0.2, 0) is 16.1 Å². The fourth-order valence-electron chi connectivity index (χ4n) is 2.85. The molecule has 0 aromatic heterocycles. The molecule has 1 amide bonds. The Bertz CT molecular complexity index is 562. The summed E-state index contributed by atoms with van der Waals surface area (Å²) in [5.41, 5.74) is 0.0428. The van der Waals surface area contributed by atoms with Crippen molar-refractivity contribution < 1.29 is 23.5 Å². The van der Waals surface area contributed by atoms with E-state index in [9.17, 15) is 18.4 Å². The van der Waals surface area contributed by atoms with Gasteiger partial charge in [0, 0.05) is 12.1 Å². The van der Waals surface area contributed by atoms with Crippen molar-refractivity contribution in [2.45, 2.75) is 26.3 Å². The molecule has 3 atom stereocenters. The van der Waals surface area contributed by atoms with Crippen LogP contribution in [0.2, 0.25) is 0 Å². The average molecular weight is 297 g/mol. The quantitative estimate of drug-likeness (QED) is 0.896. The lowest BCUT2D eigenvalue weighted by molar-refractivity contribution is -0.146. The zero-order valence-corrected chi connectivity index (χ0v) is 11.6. The molecule has 1 aliphatic rings. The largest absolute Gasteiger partial charge is 0.481 e. The summed E-state index contributed by atoms with van der Waals surface area (Å²) < 4.78 is 26.5. The molecule has 0 saturated heterocycles. The molecule has 1 saturated carbocycles.